The van der Waals surface area contributed by atoms with Crippen LogP contribution in [-0.2, 0) is 20.7 Å². The number of rotatable bonds is 7. The first-order valence-corrected chi connectivity index (χ1v) is 7.89. The average molecular weight is 313 g/mol. The highest BCUT2D eigenvalue weighted by atomic mass is 31.1. The zero-order chi connectivity index (χ0) is 15.7. The molecule has 7 nitrogen and oxygen atoms in total. The van der Waals surface area contributed by atoms with Crippen LogP contribution in [-0.4, -0.2) is 34.8 Å². The number of carboxylic acid groups (broad SMARTS) is 1. The number of alkyl carbamates (subject to hydrolysis) is 1. The second kappa shape index (κ2) is 8.94. The van der Waals surface area contributed by atoms with Crippen molar-refractivity contribution in [3.8, 4) is 0 Å². The summed E-state index contributed by atoms with van der Waals surface area (Å²) in [6.45, 7) is 0.00676. The van der Waals surface area contributed by atoms with Gasteiger partial charge in [0.2, 0.25) is 0 Å². The van der Waals surface area contributed by atoms with Crippen LogP contribution in [0, 0.1) is 0 Å². The van der Waals surface area contributed by atoms with E-state index in [1.165, 1.54) is 0 Å². The highest BCUT2D eigenvalue weighted by molar-refractivity contribution is 7.44. The molecule has 114 valence electrons. The molecule has 0 aliphatic rings. The van der Waals surface area contributed by atoms with Crippen LogP contribution in [0.3, 0.4) is 0 Å². The van der Waals surface area contributed by atoms with Crippen molar-refractivity contribution in [2.75, 3.05) is 12.5 Å². The zero-order valence-electron chi connectivity index (χ0n) is 11.1. The Balaban J connectivity index is 2.53. The van der Waals surface area contributed by atoms with Gasteiger partial charge in [-0.15, -0.1) is 0 Å². The first-order chi connectivity index (χ1) is 10.0. The van der Waals surface area contributed by atoms with Gasteiger partial charge in [-0.25, -0.2) is 9.59 Å². The third kappa shape index (κ3) is 6.74. The second-order valence-electron chi connectivity index (χ2n) is 4.01. The van der Waals surface area contributed by atoms with Crippen LogP contribution < -0.4 is 5.32 Å². The van der Waals surface area contributed by atoms with E-state index < -0.39 is 31.9 Å². The molecule has 0 spiro atoms. The quantitative estimate of drug-likeness (QED) is 0.518. The number of carboxylic acids is 1. The molecule has 0 bridgehead atoms. The monoisotopic (exact) mass is 313 g/mol. The Bertz CT molecular complexity index is 543. The second-order valence-corrected chi connectivity index (χ2v) is 5.81. The van der Waals surface area contributed by atoms with Crippen molar-refractivity contribution in [2.45, 2.75) is 6.61 Å². The van der Waals surface area contributed by atoms with E-state index in [1.807, 2.05) is 6.07 Å². The highest BCUT2D eigenvalue weighted by Gasteiger charge is 2.12. The van der Waals surface area contributed by atoms with Crippen LogP contribution in [0.1, 0.15) is 5.56 Å². The van der Waals surface area contributed by atoms with Crippen LogP contribution in [0.5, 0.6) is 0 Å². The van der Waals surface area contributed by atoms with Crippen LogP contribution in [0.4, 0.5) is 4.79 Å². The van der Waals surface area contributed by atoms with E-state index in [4.69, 9.17) is 14.9 Å². The average Bonchev–Trinajstić information content (AvgIpc) is 2.49. The molecule has 1 amide bonds. The third-order valence-electron chi connectivity index (χ3n) is 2.39. The lowest BCUT2D eigenvalue weighted by molar-refractivity contribution is -0.133. The Kier molecular flexibility index (Phi) is 7.21. The van der Waals surface area contributed by atoms with Gasteiger partial charge >= 0.3 is 12.1 Å². The first kappa shape index (κ1) is 16.9. The molecule has 0 aromatic heterocycles. The largest absolute Gasteiger partial charge is 0.477 e. The van der Waals surface area contributed by atoms with Gasteiger partial charge in [-0.05, 0) is 11.6 Å². The van der Waals surface area contributed by atoms with Crippen LogP contribution in [0.2, 0.25) is 0 Å². The fourth-order valence-electron chi connectivity index (χ4n) is 1.34. The van der Waals surface area contributed by atoms with E-state index >= 15 is 0 Å². The molecule has 8 heteroatoms. The Labute approximate surface area is 122 Å². The summed E-state index contributed by atoms with van der Waals surface area (Å²) in [5.41, 5.74) is 0.332. The Hall–Kier alpha value is -2.11. The van der Waals surface area contributed by atoms with Gasteiger partial charge in [-0.2, -0.15) is 0 Å². The molecule has 1 rings (SSSR count). The van der Waals surface area contributed by atoms with E-state index in [1.54, 1.807) is 24.3 Å². The third-order valence-corrected chi connectivity index (χ3v) is 3.40. The summed E-state index contributed by atoms with van der Waals surface area (Å²) in [6.07, 6.45) is -0.450. The summed E-state index contributed by atoms with van der Waals surface area (Å²) in [4.78, 5) is 22.4. The van der Waals surface area contributed by atoms with Gasteiger partial charge in [-0.1, -0.05) is 30.3 Å². The number of benzene rings is 1. The van der Waals surface area contributed by atoms with Crippen molar-refractivity contribution in [3.05, 3.63) is 47.7 Å². The SMILES string of the molecule is O=C(N/C(=C\C[PH](=O)CO)C(=O)O)OCc1ccccc1. The zero-order valence-corrected chi connectivity index (χ0v) is 12.1. The lowest BCUT2D eigenvalue weighted by Crippen LogP contribution is -2.28. The van der Waals surface area contributed by atoms with Gasteiger partial charge in [-0.3, -0.25) is 5.32 Å². The fraction of sp³-hybridized carbons (Fsp3) is 0.231. The van der Waals surface area contributed by atoms with Crippen molar-refractivity contribution in [3.63, 3.8) is 0 Å². The molecule has 0 aliphatic heterocycles. The normalized spacial score (nSPS) is 12.5. The Morgan fingerprint density at radius 1 is 1.29 bits per heavy atom. The van der Waals surface area contributed by atoms with Crippen molar-refractivity contribution >= 4 is 19.9 Å². The maximum atomic E-state index is 11.5. The van der Waals surface area contributed by atoms with Gasteiger partial charge in [0.05, 0.1) is 6.35 Å². The van der Waals surface area contributed by atoms with Crippen LogP contribution >= 0.6 is 7.80 Å². The molecule has 0 heterocycles. The number of ether oxygens (including phenoxy) is 1. The van der Waals surface area contributed by atoms with Crippen molar-refractivity contribution in [1.29, 1.82) is 0 Å². The molecule has 0 saturated carbocycles. The molecule has 0 fully saturated rings. The van der Waals surface area contributed by atoms with E-state index in [2.05, 4.69) is 5.32 Å². The molecule has 0 aliphatic carbocycles. The standard InChI is InChI=1S/C13H16NO6P/c15-9-21(19)7-6-11(12(16)17)14-13(18)20-8-10-4-2-1-3-5-10/h1-6,15,21H,7-9H2,(H,14,18)(H,16,17)/b11-6-. The van der Waals surface area contributed by atoms with Gasteiger partial charge in [0.15, 0.2) is 0 Å². The maximum absolute atomic E-state index is 11.5. The van der Waals surface area contributed by atoms with Crippen molar-refractivity contribution in [1.82, 2.24) is 5.32 Å². The van der Waals surface area contributed by atoms with E-state index in [0.717, 1.165) is 11.6 Å². The molecule has 1 atom stereocenters. The number of amides is 1. The van der Waals surface area contributed by atoms with Crippen molar-refractivity contribution < 1.29 is 29.1 Å². The van der Waals surface area contributed by atoms with Gasteiger partial charge < -0.3 is 19.5 Å². The number of allylic oxidation sites excluding steroid dienone is 1. The minimum Gasteiger partial charge on any atom is -0.477 e. The first-order valence-electron chi connectivity index (χ1n) is 6.06. The number of carbonyl (C=O) groups excluding carboxylic acids is 1. The van der Waals surface area contributed by atoms with Crippen LogP contribution in [0.25, 0.3) is 0 Å². The summed E-state index contributed by atoms with van der Waals surface area (Å²) in [5.74, 6) is -1.38. The predicted octanol–water partition coefficient (Wildman–Crippen LogP) is 1.39. The number of aliphatic carboxylic acids is 1. The topological polar surface area (TPSA) is 113 Å². The number of aliphatic hydroxyl groups is 1. The molecule has 0 radical (unpaired) electrons. The highest BCUT2D eigenvalue weighted by Crippen LogP contribution is 2.18. The summed E-state index contributed by atoms with van der Waals surface area (Å²) in [7, 11) is -2.27. The van der Waals surface area contributed by atoms with Crippen molar-refractivity contribution in [2.24, 2.45) is 0 Å². The smallest absolute Gasteiger partial charge is 0.412 e. The molecular formula is C13H16NO6P. The summed E-state index contributed by atoms with van der Waals surface area (Å²) >= 11 is 0. The van der Waals surface area contributed by atoms with Crippen LogP contribution in [0.15, 0.2) is 42.1 Å². The molecule has 1 unspecified atom stereocenters. The Morgan fingerprint density at radius 3 is 2.52 bits per heavy atom. The van der Waals surface area contributed by atoms with Gasteiger partial charge in [0, 0.05) is 6.16 Å². The van der Waals surface area contributed by atoms with E-state index in [9.17, 15) is 14.2 Å². The number of aliphatic hydroxyl groups excluding tert-OH is 1. The summed E-state index contributed by atoms with van der Waals surface area (Å²) in [5, 5.41) is 19.6. The maximum Gasteiger partial charge on any atom is 0.412 e. The lowest BCUT2D eigenvalue weighted by atomic mass is 10.2. The number of nitrogens with one attached hydrogen (secondary N) is 1. The molecule has 1 aromatic carbocycles. The molecular weight excluding hydrogens is 297 g/mol. The molecule has 0 saturated heterocycles. The Morgan fingerprint density at radius 2 is 1.95 bits per heavy atom. The fourth-order valence-corrected chi connectivity index (χ4v) is 1.90. The van der Waals surface area contributed by atoms with E-state index in [-0.39, 0.29) is 12.8 Å². The van der Waals surface area contributed by atoms with Gasteiger partial charge in [0.25, 0.3) is 0 Å². The molecule has 3 N–H and O–H groups in total. The molecule has 21 heavy (non-hydrogen) atoms. The number of hydrogen-bond acceptors (Lipinski definition) is 5. The minimum atomic E-state index is -2.27. The van der Waals surface area contributed by atoms with E-state index in [0.29, 0.717) is 0 Å². The molecule has 1 aromatic rings. The predicted molar refractivity (Wildman–Crippen MR) is 76.4 cm³/mol. The number of hydrogen-bond donors (Lipinski definition) is 3. The number of carbonyl (C=O) groups is 2. The lowest BCUT2D eigenvalue weighted by Gasteiger charge is -2.07. The van der Waals surface area contributed by atoms with Gasteiger partial charge in [0.1, 0.15) is 20.1 Å². The summed E-state index contributed by atoms with van der Waals surface area (Å²) in [6, 6.07) is 8.90. The summed E-state index contributed by atoms with van der Waals surface area (Å²) < 4.78 is 16.0. The minimum absolute atomic E-state index is 0.00676.